The first kappa shape index (κ1) is 15.1. The maximum absolute atomic E-state index is 13.6. The van der Waals surface area contributed by atoms with Gasteiger partial charge < -0.3 is 5.32 Å². The van der Waals surface area contributed by atoms with E-state index in [2.05, 4.69) is 18.3 Å². The molecule has 0 saturated heterocycles. The zero-order chi connectivity index (χ0) is 14.5. The minimum absolute atomic E-state index is 0.00782. The molecule has 1 nitrogen and oxygen atoms in total. The first-order valence-electron chi connectivity index (χ1n) is 6.84. The summed E-state index contributed by atoms with van der Waals surface area (Å²) < 4.78 is 27.3. The van der Waals surface area contributed by atoms with Gasteiger partial charge in [-0.15, -0.1) is 11.3 Å². The molecule has 0 fully saturated rings. The van der Waals surface area contributed by atoms with Gasteiger partial charge in [-0.2, -0.15) is 0 Å². The van der Waals surface area contributed by atoms with Crippen molar-refractivity contribution < 1.29 is 8.78 Å². The van der Waals surface area contributed by atoms with E-state index < -0.39 is 11.6 Å². The molecule has 0 aliphatic rings. The van der Waals surface area contributed by atoms with Crippen molar-refractivity contribution >= 4 is 11.3 Å². The van der Waals surface area contributed by atoms with Gasteiger partial charge in [0.15, 0.2) is 0 Å². The van der Waals surface area contributed by atoms with Crippen molar-refractivity contribution in [1.29, 1.82) is 0 Å². The molecule has 0 spiro atoms. The van der Waals surface area contributed by atoms with Crippen molar-refractivity contribution in [3.8, 4) is 0 Å². The topological polar surface area (TPSA) is 12.0 Å². The summed E-state index contributed by atoms with van der Waals surface area (Å²) in [5.41, 5.74) is 0.161. The highest BCUT2D eigenvalue weighted by Crippen LogP contribution is 2.23. The number of hydrogen-bond acceptors (Lipinski definition) is 2. The van der Waals surface area contributed by atoms with E-state index in [4.69, 9.17) is 0 Å². The highest BCUT2D eigenvalue weighted by Gasteiger charge is 2.16. The minimum Gasteiger partial charge on any atom is -0.306 e. The Balaban J connectivity index is 2.03. The molecule has 2 rings (SSSR count). The Kier molecular flexibility index (Phi) is 5.26. The van der Waals surface area contributed by atoms with Crippen LogP contribution in [0.15, 0.2) is 35.7 Å². The molecule has 0 radical (unpaired) electrons. The van der Waals surface area contributed by atoms with E-state index in [1.165, 1.54) is 23.1 Å². The van der Waals surface area contributed by atoms with Gasteiger partial charge in [0.2, 0.25) is 0 Å². The molecule has 0 aliphatic heterocycles. The Bertz CT molecular complexity index is 519. The molecular formula is C16H19F2NS. The molecule has 0 amide bonds. The van der Waals surface area contributed by atoms with Crippen molar-refractivity contribution in [3.63, 3.8) is 0 Å². The molecule has 1 aromatic heterocycles. The van der Waals surface area contributed by atoms with Gasteiger partial charge in [0.1, 0.15) is 11.6 Å². The molecule has 1 N–H and O–H groups in total. The largest absolute Gasteiger partial charge is 0.306 e. The standard InChI is InChI=1S/C16H19F2NS/c1-3-15(16-8-5-9-20-16)19-11(2)10-12-13(17)6-4-7-14(12)18/h4-9,11,15,19H,3,10H2,1-2H3. The fourth-order valence-corrected chi connectivity index (χ4v) is 3.20. The van der Waals surface area contributed by atoms with Crippen LogP contribution in [0.25, 0.3) is 0 Å². The lowest BCUT2D eigenvalue weighted by Gasteiger charge is -2.22. The highest BCUT2D eigenvalue weighted by molar-refractivity contribution is 7.10. The van der Waals surface area contributed by atoms with E-state index in [0.29, 0.717) is 6.42 Å². The van der Waals surface area contributed by atoms with Gasteiger partial charge in [-0.25, -0.2) is 8.78 Å². The normalized spacial score (nSPS) is 14.2. The molecule has 0 bridgehead atoms. The van der Waals surface area contributed by atoms with Crippen LogP contribution >= 0.6 is 11.3 Å². The third kappa shape index (κ3) is 3.64. The third-order valence-corrected chi connectivity index (χ3v) is 4.34. The Morgan fingerprint density at radius 1 is 1.15 bits per heavy atom. The molecule has 108 valence electrons. The number of nitrogens with one attached hydrogen (secondary N) is 1. The van der Waals surface area contributed by atoms with Gasteiger partial charge in [-0.05, 0) is 43.3 Å². The molecular weight excluding hydrogens is 276 g/mol. The lowest BCUT2D eigenvalue weighted by molar-refractivity contribution is 0.435. The van der Waals surface area contributed by atoms with E-state index in [-0.39, 0.29) is 17.6 Å². The second-order valence-corrected chi connectivity index (χ2v) is 5.93. The van der Waals surface area contributed by atoms with Crippen LogP contribution in [-0.4, -0.2) is 6.04 Å². The minimum atomic E-state index is -0.470. The average molecular weight is 295 g/mol. The molecule has 0 saturated carbocycles. The molecule has 1 heterocycles. The Labute approximate surface area is 122 Å². The van der Waals surface area contributed by atoms with E-state index in [0.717, 1.165) is 6.42 Å². The number of rotatable bonds is 6. The predicted octanol–water partition coefficient (Wildman–Crippen LogP) is 4.70. The van der Waals surface area contributed by atoms with E-state index in [1.807, 2.05) is 18.4 Å². The van der Waals surface area contributed by atoms with Gasteiger partial charge in [0.25, 0.3) is 0 Å². The fourth-order valence-electron chi connectivity index (χ4n) is 2.33. The van der Waals surface area contributed by atoms with Gasteiger partial charge in [0.05, 0.1) is 0 Å². The number of hydrogen-bond donors (Lipinski definition) is 1. The van der Waals surface area contributed by atoms with Crippen molar-refractivity contribution in [2.75, 3.05) is 0 Å². The Hall–Kier alpha value is -1.26. The maximum Gasteiger partial charge on any atom is 0.129 e. The molecule has 20 heavy (non-hydrogen) atoms. The average Bonchev–Trinajstić information content (AvgIpc) is 2.94. The third-order valence-electron chi connectivity index (χ3n) is 3.35. The van der Waals surface area contributed by atoms with Crippen LogP contribution in [0.4, 0.5) is 8.78 Å². The van der Waals surface area contributed by atoms with Crippen LogP contribution < -0.4 is 5.32 Å². The number of halogens is 2. The molecule has 1 aromatic carbocycles. The summed E-state index contributed by atoms with van der Waals surface area (Å²) in [6.45, 7) is 4.07. The van der Waals surface area contributed by atoms with E-state index in [9.17, 15) is 8.78 Å². The summed E-state index contributed by atoms with van der Waals surface area (Å²) in [5, 5.41) is 5.49. The van der Waals surface area contributed by atoms with E-state index >= 15 is 0 Å². The van der Waals surface area contributed by atoms with Crippen LogP contribution in [0.2, 0.25) is 0 Å². The van der Waals surface area contributed by atoms with E-state index in [1.54, 1.807) is 11.3 Å². The SMILES string of the molecule is CCC(NC(C)Cc1c(F)cccc1F)c1cccs1. The smallest absolute Gasteiger partial charge is 0.129 e. The van der Waals surface area contributed by atoms with Crippen LogP contribution in [-0.2, 0) is 6.42 Å². The zero-order valence-corrected chi connectivity index (χ0v) is 12.5. The summed E-state index contributed by atoms with van der Waals surface area (Å²) in [5.74, 6) is -0.939. The van der Waals surface area contributed by atoms with Gasteiger partial charge >= 0.3 is 0 Å². The van der Waals surface area contributed by atoms with Crippen LogP contribution in [0.3, 0.4) is 0 Å². The summed E-state index contributed by atoms with van der Waals surface area (Å²) in [6, 6.07) is 8.36. The molecule has 2 atom stereocenters. The molecule has 2 unspecified atom stereocenters. The van der Waals surface area contributed by atoms with Crippen molar-refractivity contribution in [3.05, 3.63) is 57.8 Å². The lowest BCUT2D eigenvalue weighted by atomic mass is 10.0. The van der Waals surface area contributed by atoms with Gasteiger partial charge in [-0.3, -0.25) is 0 Å². The highest BCUT2D eigenvalue weighted by atomic mass is 32.1. The number of thiophene rings is 1. The van der Waals surface area contributed by atoms with Gasteiger partial charge in [-0.1, -0.05) is 19.1 Å². The first-order valence-corrected chi connectivity index (χ1v) is 7.72. The fraction of sp³-hybridized carbons (Fsp3) is 0.375. The zero-order valence-electron chi connectivity index (χ0n) is 11.7. The van der Waals surface area contributed by atoms with Crippen LogP contribution in [0, 0.1) is 11.6 Å². The monoisotopic (exact) mass is 295 g/mol. The van der Waals surface area contributed by atoms with Crippen LogP contribution in [0.1, 0.15) is 36.8 Å². The summed E-state index contributed by atoms with van der Waals surface area (Å²) in [7, 11) is 0. The Morgan fingerprint density at radius 2 is 1.85 bits per heavy atom. The summed E-state index contributed by atoms with van der Waals surface area (Å²) >= 11 is 1.70. The van der Waals surface area contributed by atoms with Crippen LogP contribution in [0.5, 0.6) is 0 Å². The molecule has 4 heteroatoms. The van der Waals surface area contributed by atoms with Crippen molar-refractivity contribution in [2.45, 2.75) is 38.8 Å². The van der Waals surface area contributed by atoms with Gasteiger partial charge in [0, 0.05) is 22.5 Å². The first-order chi connectivity index (χ1) is 9.61. The second kappa shape index (κ2) is 6.95. The van der Waals surface area contributed by atoms with Crippen molar-refractivity contribution in [2.24, 2.45) is 0 Å². The predicted molar refractivity (Wildman–Crippen MR) is 80.0 cm³/mol. The summed E-state index contributed by atoms with van der Waals surface area (Å²) in [4.78, 5) is 1.26. The number of benzene rings is 1. The lowest BCUT2D eigenvalue weighted by Crippen LogP contribution is -2.32. The molecule has 2 aromatic rings. The Morgan fingerprint density at radius 3 is 2.40 bits per heavy atom. The second-order valence-electron chi connectivity index (χ2n) is 4.95. The quantitative estimate of drug-likeness (QED) is 0.814. The maximum atomic E-state index is 13.6. The molecule has 0 aliphatic carbocycles. The van der Waals surface area contributed by atoms with Crippen molar-refractivity contribution in [1.82, 2.24) is 5.32 Å². The summed E-state index contributed by atoms with van der Waals surface area (Å²) in [6.07, 6.45) is 1.30.